The largest absolute Gasteiger partial charge is 0.302 e. The van der Waals surface area contributed by atoms with Gasteiger partial charge in [0.2, 0.25) is 0 Å². The van der Waals surface area contributed by atoms with Gasteiger partial charge in [-0.25, -0.2) is 0 Å². The highest BCUT2D eigenvalue weighted by Crippen LogP contribution is 2.44. The Balaban J connectivity index is 2.63. The molecule has 0 heterocycles. The van der Waals surface area contributed by atoms with E-state index in [1.165, 1.54) is 22.3 Å². The maximum atomic E-state index is 11.3. The molecular weight excluding hydrogens is 220 g/mol. The minimum atomic E-state index is -0.388. The molecule has 0 aromatic heterocycles. The molecule has 0 saturated heterocycles. The van der Waals surface area contributed by atoms with Gasteiger partial charge in [0.15, 0.2) is 0 Å². The van der Waals surface area contributed by atoms with Crippen LogP contribution in [0.25, 0.3) is 0 Å². The molecule has 1 aliphatic carbocycles. The summed E-state index contributed by atoms with van der Waals surface area (Å²) in [5.74, 6) is 0.668. The van der Waals surface area contributed by atoms with Crippen LogP contribution in [-0.4, -0.2) is 6.29 Å². The molecule has 1 unspecified atom stereocenters. The first-order chi connectivity index (χ1) is 8.20. The van der Waals surface area contributed by atoms with Crippen molar-refractivity contribution in [2.24, 2.45) is 5.92 Å². The van der Waals surface area contributed by atoms with Gasteiger partial charge in [-0.05, 0) is 60.8 Å². The van der Waals surface area contributed by atoms with Crippen molar-refractivity contribution in [1.29, 1.82) is 0 Å². The molecule has 1 aromatic rings. The predicted molar refractivity (Wildman–Crippen MR) is 76.2 cm³/mol. The number of rotatable bonds is 2. The maximum absolute atomic E-state index is 11.3. The number of hydrogen-bond donors (Lipinski definition) is 0. The van der Waals surface area contributed by atoms with Gasteiger partial charge in [0.25, 0.3) is 0 Å². The van der Waals surface area contributed by atoms with Gasteiger partial charge in [-0.15, -0.1) is 0 Å². The first kappa shape index (κ1) is 13.3. The third-order valence-electron chi connectivity index (χ3n) is 4.89. The molecular formula is C17H24O. The van der Waals surface area contributed by atoms with Gasteiger partial charge in [0, 0.05) is 5.41 Å². The average Bonchev–Trinajstić information content (AvgIpc) is 2.48. The molecule has 18 heavy (non-hydrogen) atoms. The zero-order valence-electron chi connectivity index (χ0n) is 12.4. The van der Waals surface area contributed by atoms with Crippen molar-refractivity contribution in [1.82, 2.24) is 0 Å². The van der Waals surface area contributed by atoms with Gasteiger partial charge in [-0.2, -0.15) is 0 Å². The third-order valence-corrected chi connectivity index (χ3v) is 4.89. The molecule has 0 spiro atoms. The molecule has 0 N–H and O–H groups in total. The number of benzene rings is 1. The second kappa shape index (κ2) is 3.94. The van der Waals surface area contributed by atoms with Crippen molar-refractivity contribution in [3.05, 3.63) is 34.4 Å². The van der Waals surface area contributed by atoms with Crippen LogP contribution in [0, 0.1) is 12.8 Å². The van der Waals surface area contributed by atoms with Gasteiger partial charge in [0.1, 0.15) is 6.29 Å². The maximum Gasteiger partial charge on any atom is 0.129 e. The second-order valence-corrected chi connectivity index (χ2v) is 6.99. The highest BCUT2D eigenvalue weighted by Gasteiger charge is 2.37. The monoisotopic (exact) mass is 244 g/mol. The van der Waals surface area contributed by atoms with Gasteiger partial charge < -0.3 is 4.79 Å². The van der Waals surface area contributed by atoms with E-state index < -0.39 is 0 Å². The quantitative estimate of drug-likeness (QED) is 0.720. The molecule has 1 heteroatoms. The molecule has 0 radical (unpaired) electrons. The number of fused-ring (bicyclic) bond motifs is 1. The molecule has 1 aliphatic rings. The Bertz CT molecular complexity index is 495. The van der Waals surface area contributed by atoms with Crippen LogP contribution in [0.4, 0.5) is 0 Å². The Hall–Kier alpha value is -1.11. The summed E-state index contributed by atoms with van der Waals surface area (Å²) in [5, 5.41) is 0. The summed E-state index contributed by atoms with van der Waals surface area (Å²) < 4.78 is 0. The average molecular weight is 244 g/mol. The van der Waals surface area contributed by atoms with Crippen LogP contribution in [-0.2, 0) is 22.0 Å². The van der Waals surface area contributed by atoms with E-state index in [0.717, 1.165) is 12.7 Å². The Morgan fingerprint density at radius 3 is 2.50 bits per heavy atom. The Morgan fingerprint density at radius 2 is 1.94 bits per heavy atom. The minimum Gasteiger partial charge on any atom is -0.302 e. The zero-order chi connectivity index (χ0) is 13.7. The fourth-order valence-electron chi connectivity index (χ4n) is 3.14. The first-order valence-electron chi connectivity index (χ1n) is 6.81. The van der Waals surface area contributed by atoms with E-state index in [-0.39, 0.29) is 10.8 Å². The zero-order valence-corrected chi connectivity index (χ0v) is 12.4. The summed E-state index contributed by atoms with van der Waals surface area (Å²) in [4.78, 5) is 11.3. The van der Waals surface area contributed by atoms with E-state index in [1.807, 2.05) is 13.8 Å². The van der Waals surface area contributed by atoms with E-state index in [2.05, 4.69) is 39.8 Å². The summed E-state index contributed by atoms with van der Waals surface area (Å²) >= 11 is 0. The molecule has 0 aliphatic heterocycles. The first-order valence-corrected chi connectivity index (χ1v) is 6.81. The molecule has 1 atom stereocenters. The van der Waals surface area contributed by atoms with Gasteiger partial charge in [0.05, 0.1) is 0 Å². The van der Waals surface area contributed by atoms with Crippen LogP contribution in [0.2, 0.25) is 0 Å². The van der Waals surface area contributed by atoms with Gasteiger partial charge in [-0.3, -0.25) is 0 Å². The summed E-state index contributed by atoms with van der Waals surface area (Å²) in [6.07, 6.45) is 2.22. The summed E-state index contributed by atoms with van der Waals surface area (Å²) in [7, 11) is 0. The molecule has 2 rings (SSSR count). The fraction of sp³-hybridized carbons (Fsp3) is 0.588. The predicted octanol–water partition coefficient (Wildman–Crippen LogP) is 3.94. The molecule has 1 nitrogen and oxygen atoms in total. The van der Waals surface area contributed by atoms with E-state index in [1.54, 1.807) is 0 Å². The van der Waals surface area contributed by atoms with Crippen LogP contribution < -0.4 is 0 Å². The van der Waals surface area contributed by atoms with E-state index >= 15 is 0 Å². The van der Waals surface area contributed by atoms with Crippen LogP contribution >= 0.6 is 0 Å². The summed E-state index contributed by atoms with van der Waals surface area (Å²) in [5.41, 5.74) is 5.16. The van der Waals surface area contributed by atoms with Crippen molar-refractivity contribution >= 4 is 6.29 Å². The van der Waals surface area contributed by atoms with Crippen LogP contribution in [0.3, 0.4) is 0 Å². The number of aldehydes is 1. The van der Waals surface area contributed by atoms with Crippen LogP contribution in [0.5, 0.6) is 0 Å². The Labute approximate surface area is 111 Å². The molecule has 1 aromatic carbocycles. The standard InChI is InChI=1S/C17H24O/c1-11-7-13-8-12(2)17(5,6)15(13)9-14(11)16(3,4)10-18/h7,9-10,12H,8H2,1-6H3. The lowest BCUT2D eigenvalue weighted by Gasteiger charge is -2.28. The third kappa shape index (κ3) is 1.81. The lowest BCUT2D eigenvalue weighted by atomic mass is 9.76. The number of hydrogen-bond acceptors (Lipinski definition) is 1. The van der Waals surface area contributed by atoms with Crippen molar-refractivity contribution in [2.45, 2.75) is 58.8 Å². The summed E-state index contributed by atoms with van der Waals surface area (Å²) in [6.45, 7) is 13.1. The highest BCUT2D eigenvalue weighted by atomic mass is 16.1. The molecule has 98 valence electrons. The van der Waals surface area contributed by atoms with Crippen molar-refractivity contribution < 1.29 is 4.79 Å². The Morgan fingerprint density at radius 1 is 1.33 bits per heavy atom. The smallest absolute Gasteiger partial charge is 0.129 e. The molecule has 0 bridgehead atoms. The van der Waals surface area contributed by atoms with Gasteiger partial charge >= 0.3 is 0 Å². The lowest BCUT2D eigenvalue weighted by molar-refractivity contribution is -0.111. The number of aryl methyl sites for hydroxylation is 1. The number of carbonyl (C=O) groups is 1. The molecule has 0 amide bonds. The highest BCUT2D eigenvalue weighted by molar-refractivity contribution is 5.69. The van der Waals surface area contributed by atoms with Crippen molar-refractivity contribution in [3.8, 4) is 0 Å². The Kier molecular flexibility index (Phi) is 2.92. The van der Waals surface area contributed by atoms with Crippen molar-refractivity contribution in [3.63, 3.8) is 0 Å². The molecule has 0 fully saturated rings. The second-order valence-electron chi connectivity index (χ2n) is 6.99. The van der Waals surface area contributed by atoms with Gasteiger partial charge in [-0.1, -0.05) is 32.9 Å². The fourth-order valence-corrected chi connectivity index (χ4v) is 3.14. The van der Waals surface area contributed by atoms with E-state index in [9.17, 15) is 4.79 Å². The minimum absolute atomic E-state index is 0.219. The van der Waals surface area contributed by atoms with Crippen molar-refractivity contribution in [2.75, 3.05) is 0 Å². The number of carbonyl (C=O) groups excluding carboxylic acids is 1. The van der Waals surface area contributed by atoms with Crippen LogP contribution in [0.1, 0.15) is 56.9 Å². The van der Waals surface area contributed by atoms with E-state index in [4.69, 9.17) is 0 Å². The van der Waals surface area contributed by atoms with E-state index in [0.29, 0.717) is 5.92 Å². The lowest BCUT2D eigenvalue weighted by Crippen LogP contribution is -2.24. The SMILES string of the molecule is Cc1cc2c(cc1C(C)(C)C=O)C(C)(C)C(C)C2. The molecule has 0 saturated carbocycles. The topological polar surface area (TPSA) is 17.1 Å². The normalized spacial score (nSPS) is 21.8. The van der Waals surface area contributed by atoms with Crippen LogP contribution in [0.15, 0.2) is 12.1 Å². The summed E-state index contributed by atoms with van der Waals surface area (Å²) in [6, 6.07) is 4.57.